The Kier molecular flexibility index (Phi) is 5.68. The maximum absolute atomic E-state index is 13.2. The van der Waals surface area contributed by atoms with Gasteiger partial charge in [0, 0.05) is 16.5 Å². The molecule has 1 N–H and O–H groups in total. The van der Waals surface area contributed by atoms with Gasteiger partial charge in [-0.3, -0.25) is 9.69 Å². The van der Waals surface area contributed by atoms with E-state index in [9.17, 15) is 4.79 Å². The summed E-state index contributed by atoms with van der Waals surface area (Å²) >= 11 is 0. The number of rotatable bonds is 7. The molecule has 4 aromatic rings. The van der Waals surface area contributed by atoms with E-state index in [1.165, 1.54) is 0 Å². The van der Waals surface area contributed by atoms with Crippen LogP contribution >= 0.6 is 0 Å². The number of aromatic amines is 1. The first-order valence-electron chi connectivity index (χ1n) is 11.1. The van der Waals surface area contributed by atoms with Crippen LogP contribution < -0.4 is 10.3 Å². The minimum Gasteiger partial charge on any atom is -0.494 e. The first-order chi connectivity index (χ1) is 15.7. The van der Waals surface area contributed by atoms with E-state index < -0.39 is 0 Å². The van der Waals surface area contributed by atoms with Gasteiger partial charge in [-0.05, 0) is 73.1 Å². The number of hydrogen-bond acceptors (Lipinski definition) is 6. The number of fused-ring (bicyclic) bond motifs is 1. The summed E-state index contributed by atoms with van der Waals surface area (Å²) in [6.45, 7) is 4.90. The van der Waals surface area contributed by atoms with Gasteiger partial charge in [0.15, 0.2) is 5.82 Å². The number of benzene rings is 2. The molecular weight excluding hydrogens is 404 g/mol. The van der Waals surface area contributed by atoms with Crippen molar-refractivity contribution in [3.05, 3.63) is 81.9 Å². The fraction of sp³-hybridized carbons (Fsp3) is 0.333. The maximum Gasteiger partial charge on any atom is 0.253 e. The van der Waals surface area contributed by atoms with Crippen molar-refractivity contribution in [2.75, 3.05) is 19.7 Å². The minimum absolute atomic E-state index is 0.118. The van der Waals surface area contributed by atoms with Crippen molar-refractivity contribution in [3.63, 3.8) is 0 Å². The van der Waals surface area contributed by atoms with Gasteiger partial charge in [-0.1, -0.05) is 30.3 Å². The van der Waals surface area contributed by atoms with E-state index in [2.05, 4.69) is 37.5 Å². The fourth-order valence-electron chi connectivity index (χ4n) is 4.44. The molecule has 0 unspecified atom stereocenters. The predicted octanol–water partition coefficient (Wildman–Crippen LogP) is 3.15. The van der Waals surface area contributed by atoms with Crippen molar-refractivity contribution in [1.82, 2.24) is 30.1 Å². The number of likely N-dealkylation sites (tertiary alicyclic amines) is 1. The molecule has 5 rings (SSSR count). The Morgan fingerprint density at radius 1 is 1.09 bits per heavy atom. The lowest BCUT2D eigenvalue weighted by atomic mass is 10.0. The molecule has 0 radical (unpaired) electrons. The van der Waals surface area contributed by atoms with Crippen LogP contribution in [0.4, 0.5) is 0 Å². The molecule has 1 fully saturated rings. The van der Waals surface area contributed by atoms with Gasteiger partial charge in [-0.15, -0.1) is 5.10 Å². The molecular formula is C24H26N6O2. The number of aromatic nitrogens is 5. The van der Waals surface area contributed by atoms with E-state index in [4.69, 9.17) is 4.74 Å². The lowest BCUT2D eigenvalue weighted by molar-refractivity contribution is 0.263. The van der Waals surface area contributed by atoms with Crippen molar-refractivity contribution in [1.29, 1.82) is 0 Å². The highest BCUT2D eigenvalue weighted by atomic mass is 16.5. The van der Waals surface area contributed by atoms with Crippen LogP contribution in [0.25, 0.3) is 10.9 Å². The van der Waals surface area contributed by atoms with Gasteiger partial charge >= 0.3 is 0 Å². The monoisotopic (exact) mass is 430 g/mol. The molecule has 8 nitrogen and oxygen atoms in total. The smallest absolute Gasteiger partial charge is 0.253 e. The number of tetrazole rings is 1. The van der Waals surface area contributed by atoms with Gasteiger partial charge in [0.2, 0.25) is 0 Å². The zero-order valence-electron chi connectivity index (χ0n) is 18.1. The van der Waals surface area contributed by atoms with E-state index in [0.29, 0.717) is 24.5 Å². The lowest BCUT2D eigenvalue weighted by Gasteiger charge is -2.26. The summed E-state index contributed by atoms with van der Waals surface area (Å²) in [5.74, 6) is 1.46. The number of ether oxygens (including phenoxy) is 1. The first-order valence-corrected chi connectivity index (χ1v) is 11.1. The van der Waals surface area contributed by atoms with E-state index >= 15 is 0 Å². The van der Waals surface area contributed by atoms with Crippen LogP contribution in [0.2, 0.25) is 0 Å². The number of hydrogen-bond donors (Lipinski definition) is 1. The van der Waals surface area contributed by atoms with Crippen LogP contribution in [-0.4, -0.2) is 49.8 Å². The molecule has 1 aliphatic rings. The second-order valence-corrected chi connectivity index (χ2v) is 8.06. The largest absolute Gasteiger partial charge is 0.494 e. The zero-order chi connectivity index (χ0) is 21.9. The van der Waals surface area contributed by atoms with Crippen molar-refractivity contribution < 1.29 is 4.74 Å². The summed E-state index contributed by atoms with van der Waals surface area (Å²) in [5.41, 5.74) is 2.42. The topological polar surface area (TPSA) is 88.9 Å². The molecule has 3 heterocycles. The first kappa shape index (κ1) is 20.4. The summed E-state index contributed by atoms with van der Waals surface area (Å²) < 4.78 is 7.47. The molecule has 2 aromatic heterocycles. The summed E-state index contributed by atoms with van der Waals surface area (Å²) in [6, 6.07) is 17.5. The Balaban J connectivity index is 1.60. The quantitative estimate of drug-likeness (QED) is 0.485. The predicted molar refractivity (Wildman–Crippen MR) is 122 cm³/mol. The molecule has 0 aliphatic carbocycles. The summed E-state index contributed by atoms with van der Waals surface area (Å²) in [4.78, 5) is 18.6. The Hall–Kier alpha value is -3.52. The maximum atomic E-state index is 13.2. The van der Waals surface area contributed by atoms with Crippen LogP contribution in [0.3, 0.4) is 0 Å². The van der Waals surface area contributed by atoms with Gasteiger partial charge in [-0.2, -0.15) is 0 Å². The molecule has 8 heteroatoms. The molecule has 0 bridgehead atoms. The molecule has 0 amide bonds. The molecule has 1 aliphatic heterocycles. The normalized spacial score (nSPS) is 15.3. The Morgan fingerprint density at radius 3 is 2.69 bits per heavy atom. The highest BCUT2D eigenvalue weighted by molar-refractivity contribution is 5.80. The van der Waals surface area contributed by atoms with Crippen molar-refractivity contribution >= 4 is 10.9 Å². The third-order valence-corrected chi connectivity index (χ3v) is 5.94. The Bertz CT molecular complexity index is 1260. The molecule has 2 aromatic carbocycles. The van der Waals surface area contributed by atoms with E-state index in [-0.39, 0.29) is 11.6 Å². The van der Waals surface area contributed by atoms with Crippen molar-refractivity contribution in [2.24, 2.45) is 0 Å². The third kappa shape index (κ3) is 4.01. The molecule has 0 spiro atoms. The number of nitrogens with zero attached hydrogens (tertiary/aromatic N) is 5. The zero-order valence-corrected chi connectivity index (χ0v) is 18.1. The second-order valence-electron chi connectivity index (χ2n) is 8.06. The number of nitrogens with one attached hydrogen (secondary N) is 1. The molecule has 1 saturated heterocycles. The molecule has 0 saturated carbocycles. The van der Waals surface area contributed by atoms with E-state index in [1.807, 2.05) is 49.4 Å². The van der Waals surface area contributed by atoms with Gasteiger partial charge in [0.25, 0.3) is 5.56 Å². The highest BCUT2D eigenvalue weighted by Crippen LogP contribution is 2.30. The van der Waals surface area contributed by atoms with Gasteiger partial charge in [0.1, 0.15) is 11.8 Å². The molecule has 1 atom stereocenters. The van der Waals surface area contributed by atoms with E-state index in [0.717, 1.165) is 48.1 Å². The SMILES string of the molecule is CCOc1ccc2[nH]c(=O)c([C@H](c3nnnn3Cc3ccccc3)N3CCCC3)cc2c1. The van der Waals surface area contributed by atoms with Crippen LogP contribution in [0.1, 0.15) is 42.8 Å². The van der Waals surface area contributed by atoms with Crippen LogP contribution in [0.5, 0.6) is 5.75 Å². The number of pyridine rings is 1. The highest BCUT2D eigenvalue weighted by Gasteiger charge is 2.32. The average molecular weight is 431 g/mol. The van der Waals surface area contributed by atoms with Crippen LogP contribution in [0, 0.1) is 0 Å². The average Bonchev–Trinajstić information content (AvgIpc) is 3.49. The fourth-order valence-corrected chi connectivity index (χ4v) is 4.44. The third-order valence-electron chi connectivity index (χ3n) is 5.94. The minimum atomic E-state index is -0.319. The van der Waals surface area contributed by atoms with Gasteiger partial charge in [0.05, 0.1) is 13.2 Å². The van der Waals surface area contributed by atoms with E-state index in [1.54, 1.807) is 4.68 Å². The van der Waals surface area contributed by atoms with Crippen molar-refractivity contribution in [2.45, 2.75) is 32.4 Å². The van der Waals surface area contributed by atoms with Crippen molar-refractivity contribution in [3.8, 4) is 5.75 Å². The lowest BCUT2D eigenvalue weighted by Crippen LogP contribution is -2.33. The standard InChI is InChI=1S/C24H26N6O2/c1-2-32-19-10-11-21-18(14-19)15-20(24(31)25-21)22(29-12-6-7-13-29)23-26-27-28-30(23)16-17-8-4-3-5-9-17/h3-5,8-11,14-15,22H,2,6-7,12-13,16H2,1H3,(H,25,31)/t22-/m1/s1. The van der Waals surface area contributed by atoms with Crippen LogP contribution in [0.15, 0.2) is 59.4 Å². The summed E-state index contributed by atoms with van der Waals surface area (Å²) in [7, 11) is 0. The number of H-pyrrole nitrogens is 1. The summed E-state index contributed by atoms with van der Waals surface area (Å²) in [5, 5.41) is 13.5. The summed E-state index contributed by atoms with van der Waals surface area (Å²) in [6.07, 6.45) is 2.19. The molecule has 32 heavy (non-hydrogen) atoms. The Labute approximate surface area is 185 Å². The van der Waals surface area contributed by atoms with Gasteiger partial charge < -0.3 is 9.72 Å². The van der Waals surface area contributed by atoms with Crippen LogP contribution in [-0.2, 0) is 6.54 Å². The Morgan fingerprint density at radius 2 is 1.91 bits per heavy atom. The second kappa shape index (κ2) is 8.92. The van der Waals surface area contributed by atoms with Gasteiger partial charge in [-0.25, -0.2) is 4.68 Å². The molecule has 164 valence electrons.